The van der Waals surface area contributed by atoms with Gasteiger partial charge in [-0.2, -0.15) is 0 Å². The number of nitrogens with one attached hydrogen (secondary N) is 2. The van der Waals surface area contributed by atoms with Crippen molar-refractivity contribution in [3.63, 3.8) is 0 Å². The molecule has 0 aromatic carbocycles. The number of nitrogens with two attached hydrogens (primary N) is 1. The Kier molecular flexibility index (Phi) is 4.54. The normalized spacial score (nSPS) is 28.9. The minimum absolute atomic E-state index is 0.0226. The lowest BCUT2D eigenvalue weighted by atomic mass is 9.98. The summed E-state index contributed by atoms with van der Waals surface area (Å²) >= 11 is 0. The van der Waals surface area contributed by atoms with E-state index in [2.05, 4.69) is 17.6 Å². The van der Waals surface area contributed by atoms with Crippen molar-refractivity contribution in [2.75, 3.05) is 6.54 Å². The highest BCUT2D eigenvalue weighted by Gasteiger charge is 2.25. The molecule has 0 radical (unpaired) electrons. The van der Waals surface area contributed by atoms with E-state index in [-0.39, 0.29) is 23.9 Å². The Labute approximate surface area is 92.0 Å². The quantitative estimate of drug-likeness (QED) is 0.628. The van der Waals surface area contributed by atoms with Crippen LogP contribution in [0.4, 0.5) is 0 Å². The molecule has 4 heteroatoms. The van der Waals surface area contributed by atoms with Crippen molar-refractivity contribution in [3.05, 3.63) is 0 Å². The molecule has 4 N–H and O–H groups in total. The van der Waals surface area contributed by atoms with Crippen molar-refractivity contribution in [3.8, 4) is 0 Å². The molecule has 1 amide bonds. The Morgan fingerprint density at radius 3 is 2.73 bits per heavy atom. The Balaban J connectivity index is 2.42. The van der Waals surface area contributed by atoms with E-state index in [1.165, 1.54) is 0 Å². The Hall–Kier alpha value is -0.610. The molecule has 3 atom stereocenters. The third-order valence-corrected chi connectivity index (χ3v) is 3.11. The second-order valence-electron chi connectivity index (χ2n) is 4.77. The van der Waals surface area contributed by atoms with E-state index < -0.39 is 0 Å². The van der Waals surface area contributed by atoms with Gasteiger partial charge in [-0.05, 0) is 32.2 Å². The largest absolute Gasteiger partial charge is 0.350 e. The lowest BCUT2D eigenvalue weighted by molar-refractivity contribution is -0.124. The summed E-state index contributed by atoms with van der Waals surface area (Å²) < 4.78 is 0. The second-order valence-corrected chi connectivity index (χ2v) is 4.77. The summed E-state index contributed by atoms with van der Waals surface area (Å²) in [6, 6.07) is 0.192. The lowest BCUT2D eigenvalue weighted by Crippen LogP contribution is -2.56. The van der Waals surface area contributed by atoms with Gasteiger partial charge >= 0.3 is 0 Å². The molecular weight excluding hydrogens is 190 g/mol. The van der Waals surface area contributed by atoms with Crippen LogP contribution in [0.15, 0.2) is 0 Å². The fourth-order valence-electron chi connectivity index (χ4n) is 1.82. The maximum atomic E-state index is 11.7. The zero-order valence-corrected chi connectivity index (χ0v) is 9.92. The number of piperidine rings is 1. The molecule has 15 heavy (non-hydrogen) atoms. The van der Waals surface area contributed by atoms with Crippen molar-refractivity contribution >= 4 is 5.91 Å². The molecule has 1 heterocycles. The highest BCUT2D eigenvalue weighted by Crippen LogP contribution is 2.09. The van der Waals surface area contributed by atoms with Gasteiger partial charge in [-0.15, -0.1) is 0 Å². The molecular formula is C11H23N3O. The summed E-state index contributed by atoms with van der Waals surface area (Å²) in [6.45, 7) is 7.08. The van der Waals surface area contributed by atoms with Gasteiger partial charge in [0.25, 0.3) is 0 Å². The molecule has 88 valence electrons. The first-order chi connectivity index (χ1) is 7.02. The van der Waals surface area contributed by atoms with E-state index in [0.717, 1.165) is 19.4 Å². The standard InChI is InChI=1S/C11H23N3O/c1-7(2)10(12)11(15)14-9-5-4-6-13-8(9)3/h7-10,13H,4-6,12H2,1-3H3,(H,14,15). The van der Waals surface area contributed by atoms with Crippen molar-refractivity contribution in [1.82, 2.24) is 10.6 Å². The molecule has 3 unspecified atom stereocenters. The number of rotatable bonds is 3. The Bertz CT molecular complexity index is 218. The summed E-state index contributed by atoms with van der Waals surface area (Å²) in [5.41, 5.74) is 5.79. The van der Waals surface area contributed by atoms with Gasteiger partial charge in [-0.1, -0.05) is 13.8 Å². The average molecular weight is 213 g/mol. The summed E-state index contributed by atoms with van der Waals surface area (Å²) in [4.78, 5) is 11.7. The maximum Gasteiger partial charge on any atom is 0.237 e. The molecule has 1 aliphatic heterocycles. The second kappa shape index (κ2) is 5.47. The lowest BCUT2D eigenvalue weighted by Gasteiger charge is -2.31. The SMILES string of the molecule is CC(C)C(N)C(=O)NC1CCCNC1C. The Morgan fingerprint density at radius 1 is 1.53 bits per heavy atom. The van der Waals surface area contributed by atoms with Gasteiger partial charge in [0.2, 0.25) is 5.91 Å². The monoisotopic (exact) mass is 213 g/mol. The average Bonchev–Trinajstić information content (AvgIpc) is 2.20. The van der Waals surface area contributed by atoms with Crippen LogP contribution in [0.1, 0.15) is 33.6 Å². The minimum atomic E-state index is -0.390. The number of amides is 1. The number of hydrogen-bond donors (Lipinski definition) is 3. The van der Waals surface area contributed by atoms with Gasteiger partial charge in [0.05, 0.1) is 6.04 Å². The van der Waals surface area contributed by atoms with Crippen molar-refractivity contribution in [2.45, 2.75) is 51.7 Å². The smallest absolute Gasteiger partial charge is 0.237 e. The molecule has 0 spiro atoms. The molecule has 0 aliphatic carbocycles. The van der Waals surface area contributed by atoms with Gasteiger partial charge in [0.1, 0.15) is 0 Å². The van der Waals surface area contributed by atoms with E-state index in [9.17, 15) is 4.79 Å². The van der Waals surface area contributed by atoms with Gasteiger partial charge in [-0.25, -0.2) is 0 Å². The molecule has 0 saturated carbocycles. The van der Waals surface area contributed by atoms with Crippen LogP contribution in [0.3, 0.4) is 0 Å². The highest BCUT2D eigenvalue weighted by molar-refractivity contribution is 5.82. The molecule has 0 aromatic heterocycles. The third kappa shape index (κ3) is 3.47. The summed E-state index contributed by atoms with van der Waals surface area (Å²) in [5, 5.41) is 6.37. The molecule has 0 bridgehead atoms. The third-order valence-electron chi connectivity index (χ3n) is 3.11. The van der Waals surface area contributed by atoms with Gasteiger partial charge < -0.3 is 16.4 Å². The summed E-state index contributed by atoms with van der Waals surface area (Å²) in [5.74, 6) is 0.169. The van der Waals surface area contributed by atoms with E-state index in [0.29, 0.717) is 6.04 Å². The zero-order chi connectivity index (χ0) is 11.4. The van der Waals surface area contributed by atoms with Crippen LogP contribution in [0.25, 0.3) is 0 Å². The predicted molar refractivity (Wildman–Crippen MR) is 61.4 cm³/mol. The van der Waals surface area contributed by atoms with Crippen molar-refractivity contribution in [2.24, 2.45) is 11.7 Å². The predicted octanol–water partition coefficient (Wildman–Crippen LogP) is 0.226. The number of hydrogen-bond acceptors (Lipinski definition) is 3. The first kappa shape index (κ1) is 12.5. The first-order valence-electron chi connectivity index (χ1n) is 5.81. The summed E-state index contributed by atoms with van der Waals surface area (Å²) in [7, 11) is 0. The maximum absolute atomic E-state index is 11.7. The van der Waals surface area contributed by atoms with Crippen molar-refractivity contribution < 1.29 is 4.79 Å². The van der Waals surface area contributed by atoms with Crippen LogP contribution < -0.4 is 16.4 Å². The van der Waals surface area contributed by atoms with Crippen LogP contribution >= 0.6 is 0 Å². The Morgan fingerprint density at radius 2 is 2.20 bits per heavy atom. The van der Waals surface area contributed by atoms with Crippen LogP contribution in [-0.2, 0) is 4.79 Å². The fraction of sp³-hybridized carbons (Fsp3) is 0.909. The van der Waals surface area contributed by atoms with Crippen molar-refractivity contribution in [1.29, 1.82) is 0 Å². The summed E-state index contributed by atoms with van der Waals surface area (Å²) in [6.07, 6.45) is 2.16. The molecule has 1 fully saturated rings. The molecule has 4 nitrogen and oxygen atoms in total. The van der Waals surface area contributed by atoms with E-state index in [1.807, 2.05) is 13.8 Å². The van der Waals surface area contributed by atoms with Gasteiger partial charge in [-0.3, -0.25) is 4.79 Å². The number of carbonyl (C=O) groups excluding carboxylic acids is 1. The molecule has 1 aliphatic rings. The van der Waals surface area contributed by atoms with E-state index in [1.54, 1.807) is 0 Å². The van der Waals surface area contributed by atoms with E-state index >= 15 is 0 Å². The van der Waals surface area contributed by atoms with Crippen LogP contribution in [0.5, 0.6) is 0 Å². The van der Waals surface area contributed by atoms with Crippen LogP contribution in [-0.4, -0.2) is 30.6 Å². The fourth-order valence-corrected chi connectivity index (χ4v) is 1.82. The van der Waals surface area contributed by atoms with Gasteiger partial charge in [0.15, 0.2) is 0 Å². The minimum Gasteiger partial charge on any atom is -0.350 e. The van der Waals surface area contributed by atoms with Crippen LogP contribution in [0, 0.1) is 5.92 Å². The first-order valence-corrected chi connectivity index (χ1v) is 5.81. The van der Waals surface area contributed by atoms with Gasteiger partial charge in [0, 0.05) is 12.1 Å². The molecule has 1 saturated heterocycles. The molecule has 0 aromatic rings. The molecule has 1 rings (SSSR count). The topological polar surface area (TPSA) is 67.2 Å². The highest BCUT2D eigenvalue weighted by atomic mass is 16.2. The van der Waals surface area contributed by atoms with E-state index in [4.69, 9.17) is 5.73 Å². The van der Waals surface area contributed by atoms with Crippen LogP contribution in [0.2, 0.25) is 0 Å². The number of carbonyl (C=O) groups is 1. The zero-order valence-electron chi connectivity index (χ0n) is 9.92.